The molecule has 1 fully saturated rings. The zero-order chi connectivity index (χ0) is 26.4. The Morgan fingerprint density at radius 1 is 1.03 bits per heavy atom. The number of methoxy groups -OCH3 is 2. The van der Waals surface area contributed by atoms with E-state index in [-0.39, 0.29) is 18.2 Å². The molecule has 0 aliphatic carbocycles. The molecule has 1 aliphatic heterocycles. The Bertz CT molecular complexity index is 1310. The van der Waals surface area contributed by atoms with Crippen LogP contribution in [0.25, 0.3) is 0 Å². The van der Waals surface area contributed by atoms with Crippen LogP contribution < -0.4 is 10.1 Å². The highest BCUT2D eigenvalue weighted by atomic mass is 35.5. The summed E-state index contributed by atoms with van der Waals surface area (Å²) in [6.07, 6.45) is 0.00592. The van der Waals surface area contributed by atoms with Gasteiger partial charge in [-0.05, 0) is 66.2 Å². The second-order valence-electron chi connectivity index (χ2n) is 8.07. The van der Waals surface area contributed by atoms with Gasteiger partial charge in [-0.2, -0.15) is 0 Å². The van der Waals surface area contributed by atoms with Crippen LogP contribution >= 0.6 is 23.4 Å². The standard InChI is InChI=1S/C27H24ClN3O5S/c1-35-22-13-11-21(12-14-22)30-27-31(16-17-3-7-19(28)8-4-17)24(32)15-23(37-27)25(33)29-20-9-5-18(6-10-20)26(34)36-2/h3-14,23H,15-16H2,1-2H3,(H,29,33). The Hall–Kier alpha value is -3.82. The van der Waals surface area contributed by atoms with Gasteiger partial charge < -0.3 is 14.8 Å². The lowest BCUT2D eigenvalue weighted by molar-refractivity contribution is -0.129. The van der Waals surface area contributed by atoms with E-state index in [2.05, 4.69) is 5.32 Å². The molecule has 1 aliphatic rings. The fourth-order valence-corrected chi connectivity index (χ4v) is 4.79. The summed E-state index contributed by atoms with van der Waals surface area (Å²) < 4.78 is 9.91. The van der Waals surface area contributed by atoms with Crippen molar-refractivity contribution >= 4 is 57.7 Å². The van der Waals surface area contributed by atoms with Gasteiger partial charge in [-0.15, -0.1) is 0 Å². The third-order valence-electron chi connectivity index (χ3n) is 5.56. The third-order valence-corrected chi connectivity index (χ3v) is 7.00. The van der Waals surface area contributed by atoms with Crippen LogP contribution in [0.5, 0.6) is 5.75 Å². The minimum Gasteiger partial charge on any atom is -0.497 e. The van der Waals surface area contributed by atoms with Crippen molar-refractivity contribution in [3.63, 3.8) is 0 Å². The van der Waals surface area contributed by atoms with E-state index in [0.29, 0.717) is 39.4 Å². The number of hydrogen-bond acceptors (Lipinski definition) is 7. The summed E-state index contributed by atoms with van der Waals surface area (Å²) in [4.78, 5) is 44.2. The molecular formula is C27H24ClN3O5S. The van der Waals surface area contributed by atoms with E-state index in [1.165, 1.54) is 18.9 Å². The minimum atomic E-state index is -0.689. The Balaban J connectivity index is 1.56. The summed E-state index contributed by atoms with van der Waals surface area (Å²) in [6.45, 7) is 0.293. The van der Waals surface area contributed by atoms with Crippen LogP contribution in [0.4, 0.5) is 11.4 Å². The number of carbonyl (C=O) groups is 3. The highest BCUT2D eigenvalue weighted by Gasteiger charge is 2.36. The monoisotopic (exact) mass is 537 g/mol. The third kappa shape index (κ3) is 6.69. The Kier molecular flexibility index (Phi) is 8.47. The number of thioether (sulfide) groups is 1. The smallest absolute Gasteiger partial charge is 0.337 e. The Morgan fingerprint density at radius 3 is 2.32 bits per heavy atom. The molecule has 8 nitrogen and oxygen atoms in total. The molecule has 1 unspecified atom stereocenters. The van der Waals surface area contributed by atoms with Gasteiger partial charge in [-0.1, -0.05) is 35.5 Å². The topological polar surface area (TPSA) is 97.3 Å². The van der Waals surface area contributed by atoms with Crippen LogP contribution in [0.3, 0.4) is 0 Å². The Morgan fingerprint density at radius 2 is 1.70 bits per heavy atom. The number of hydrogen-bond donors (Lipinski definition) is 1. The summed E-state index contributed by atoms with van der Waals surface area (Å²) in [5.74, 6) is -0.337. The van der Waals surface area contributed by atoms with Crippen LogP contribution in [-0.4, -0.2) is 47.3 Å². The number of esters is 1. The molecule has 3 aromatic rings. The van der Waals surface area contributed by atoms with Crippen molar-refractivity contribution in [1.82, 2.24) is 4.90 Å². The number of carbonyl (C=O) groups excluding carboxylic acids is 3. The second kappa shape index (κ2) is 11.9. The number of amidine groups is 1. The van der Waals surface area contributed by atoms with Gasteiger partial charge in [0, 0.05) is 17.1 Å². The van der Waals surface area contributed by atoms with E-state index in [1.807, 2.05) is 12.1 Å². The molecule has 0 saturated carbocycles. The number of nitrogens with one attached hydrogen (secondary N) is 1. The molecule has 1 N–H and O–H groups in total. The van der Waals surface area contributed by atoms with Crippen molar-refractivity contribution in [2.24, 2.45) is 4.99 Å². The average Bonchev–Trinajstić information content (AvgIpc) is 2.92. The summed E-state index contributed by atoms with van der Waals surface area (Å²) in [7, 11) is 2.88. The number of amides is 2. The number of rotatable bonds is 7. The molecule has 0 spiro atoms. The fraction of sp³-hybridized carbons (Fsp3) is 0.185. The van der Waals surface area contributed by atoms with Gasteiger partial charge in [0.1, 0.15) is 11.0 Å². The molecule has 10 heteroatoms. The SMILES string of the molecule is COC(=O)c1ccc(NC(=O)C2CC(=O)N(Cc3ccc(Cl)cc3)C(=Nc3ccc(OC)cc3)S2)cc1. The van der Waals surface area contributed by atoms with E-state index < -0.39 is 11.2 Å². The van der Waals surface area contributed by atoms with Crippen LogP contribution in [0, 0.1) is 0 Å². The van der Waals surface area contributed by atoms with Gasteiger partial charge in [0.25, 0.3) is 0 Å². The molecular weight excluding hydrogens is 514 g/mol. The largest absolute Gasteiger partial charge is 0.497 e. The summed E-state index contributed by atoms with van der Waals surface area (Å²) >= 11 is 7.23. The molecule has 1 atom stereocenters. The summed E-state index contributed by atoms with van der Waals surface area (Å²) in [5, 5.41) is 3.15. The van der Waals surface area contributed by atoms with E-state index in [4.69, 9.17) is 26.1 Å². The van der Waals surface area contributed by atoms with Crippen LogP contribution in [-0.2, 0) is 20.9 Å². The molecule has 1 heterocycles. The van der Waals surface area contributed by atoms with Crippen molar-refractivity contribution in [3.8, 4) is 5.75 Å². The van der Waals surface area contributed by atoms with Crippen molar-refractivity contribution < 1.29 is 23.9 Å². The molecule has 0 bridgehead atoms. The Labute approximate surface area is 223 Å². The van der Waals surface area contributed by atoms with Crippen LogP contribution in [0.1, 0.15) is 22.3 Å². The first-order valence-electron chi connectivity index (χ1n) is 11.3. The van der Waals surface area contributed by atoms with Gasteiger partial charge in [0.15, 0.2) is 5.17 Å². The lowest BCUT2D eigenvalue weighted by Crippen LogP contribution is -2.44. The molecule has 37 heavy (non-hydrogen) atoms. The first kappa shape index (κ1) is 26.2. The van der Waals surface area contributed by atoms with Gasteiger partial charge >= 0.3 is 5.97 Å². The number of benzene rings is 3. The minimum absolute atomic E-state index is 0.00592. The maximum absolute atomic E-state index is 13.2. The predicted octanol–water partition coefficient (Wildman–Crippen LogP) is 5.30. The van der Waals surface area contributed by atoms with Crippen molar-refractivity contribution in [1.29, 1.82) is 0 Å². The van der Waals surface area contributed by atoms with Crippen molar-refractivity contribution in [3.05, 3.63) is 88.9 Å². The number of ether oxygens (including phenoxy) is 2. The first-order valence-corrected chi connectivity index (χ1v) is 12.6. The maximum atomic E-state index is 13.2. The highest BCUT2D eigenvalue weighted by Crippen LogP contribution is 2.31. The number of anilines is 1. The predicted molar refractivity (Wildman–Crippen MR) is 144 cm³/mol. The van der Waals surface area contributed by atoms with E-state index >= 15 is 0 Å². The fourth-order valence-electron chi connectivity index (χ4n) is 3.57. The maximum Gasteiger partial charge on any atom is 0.337 e. The first-order chi connectivity index (χ1) is 17.9. The van der Waals surface area contributed by atoms with Gasteiger partial charge in [-0.25, -0.2) is 9.79 Å². The second-order valence-corrected chi connectivity index (χ2v) is 9.67. The van der Waals surface area contributed by atoms with E-state index in [0.717, 1.165) is 5.56 Å². The molecule has 0 aromatic heterocycles. The molecule has 4 rings (SSSR count). The summed E-state index contributed by atoms with van der Waals surface area (Å²) in [5.41, 5.74) is 2.38. The molecule has 0 radical (unpaired) electrons. The average molecular weight is 538 g/mol. The quantitative estimate of drug-likeness (QED) is 0.411. The zero-order valence-corrected chi connectivity index (χ0v) is 21.7. The van der Waals surface area contributed by atoms with Crippen LogP contribution in [0.15, 0.2) is 77.8 Å². The number of nitrogens with zero attached hydrogens (tertiary/aromatic N) is 2. The zero-order valence-electron chi connectivity index (χ0n) is 20.1. The molecule has 1 saturated heterocycles. The van der Waals surface area contributed by atoms with E-state index in [9.17, 15) is 14.4 Å². The van der Waals surface area contributed by atoms with Crippen LogP contribution in [0.2, 0.25) is 5.02 Å². The van der Waals surface area contributed by atoms with Gasteiger partial charge in [-0.3, -0.25) is 14.5 Å². The van der Waals surface area contributed by atoms with Crippen molar-refractivity contribution in [2.45, 2.75) is 18.2 Å². The lowest BCUT2D eigenvalue weighted by Gasteiger charge is -2.32. The summed E-state index contributed by atoms with van der Waals surface area (Å²) in [6, 6.07) is 20.7. The number of halogens is 1. The lowest BCUT2D eigenvalue weighted by atomic mass is 10.2. The molecule has 3 aromatic carbocycles. The normalized spacial score (nSPS) is 16.4. The highest BCUT2D eigenvalue weighted by molar-refractivity contribution is 8.15. The molecule has 2 amide bonds. The van der Waals surface area contributed by atoms with E-state index in [1.54, 1.807) is 72.7 Å². The van der Waals surface area contributed by atoms with Crippen molar-refractivity contribution in [2.75, 3.05) is 19.5 Å². The van der Waals surface area contributed by atoms with Gasteiger partial charge in [0.05, 0.1) is 32.0 Å². The molecule has 190 valence electrons. The van der Waals surface area contributed by atoms with Gasteiger partial charge in [0.2, 0.25) is 11.8 Å². The number of aliphatic imine (C=N–C) groups is 1.